The number of carbonyl (C=O) groups is 2. The zero-order valence-corrected chi connectivity index (χ0v) is 18.1. The summed E-state index contributed by atoms with van der Waals surface area (Å²) in [7, 11) is 1.72. The smallest absolute Gasteiger partial charge is 0.270 e. The van der Waals surface area contributed by atoms with Gasteiger partial charge in [-0.3, -0.25) is 19.7 Å². The van der Waals surface area contributed by atoms with Gasteiger partial charge in [0.25, 0.3) is 5.69 Å². The van der Waals surface area contributed by atoms with Crippen LogP contribution in [0.2, 0.25) is 0 Å². The van der Waals surface area contributed by atoms with E-state index >= 15 is 0 Å². The van der Waals surface area contributed by atoms with Crippen molar-refractivity contribution in [2.24, 2.45) is 7.05 Å². The minimum absolute atomic E-state index is 0.0379. The molecule has 0 bridgehead atoms. The summed E-state index contributed by atoms with van der Waals surface area (Å²) in [6.45, 7) is 3.92. The molecule has 9 nitrogen and oxygen atoms in total. The number of ketones is 1. The fourth-order valence-electron chi connectivity index (χ4n) is 2.92. The van der Waals surface area contributed by atoms with E-state index in [4.69, 9.17) is 0 Å². The summed E-state index contributed by atoms with van der Waals surface area (Å²) < 4.78 is 1.66. The largest absolute Gasteiger partial charge is 0.325 e. The van der Waals surface area contributed by atoms with Crippen LogP contribution in [0.15, 0.2) is 47.6 Å². The Bertz CT molecular complexity index is 1160. The van der Waals surface area contributed by atoms with Gasteiger partial charge >= 0.3 is 0 Å². The quantitative estimate of drug-likeness (QED) is 0.247. The predicted octanol–water partition coefficient (Wildman–Crippen LogP) is 3.50. The fraction of sp³-hybridized carbons (Fsp3) is 0.238. The Hall–Kier alpha value is -3.53. The van der Waals surface area contributed by atoms with Gasteiger partial charge in [0.1, 0.15) is 5.82 Å². The number of amides is 1. The number of anilines is 1. The topological polar surface area (TPSA) is 120 Å². The Balaban J connectivity index is 1.61. The van der Waals surface area contributed by atoms with Crippen LogP contribution in [0.1, 0.15) is 27.3 Å². The third-order valence-electron chi connectivity index (χ3n) is 4.61. The number of thioether (sulfide) groups is 1. The number of benzene rings is 2. The third kappa shape index (κ3) is 5.54. The highest BCUT2D eigenvalue weighted by molar-refractivity contribution is 7.99. The first-order valence-corrected chi connectivity index (χ1v) is 10.4. The molecule has 0 aliphatic carbocycles. The second kappa shape index (κ2) is 9.52. The molecule has 1 heterocycles. The molecule has 1 aromatic heterocycles. The average molecular weight is 439 g/mol. The number of nitro groups is 1. The average Bonchev–Trinajstić information content (AvgIpc) is 3.07. The Morgan fingerprint density at radius 2 is 1.94 bits per heavy atom. The number of rotatable bonds is 8. The lowest BCUT2D eigenvalue weighted by Gasteiger charge is -2.09. The van der Waals surface area contributed by atoms with E-state index in [1.807, 2.05) is 32.0 Å². The summed E-state index contributed by atoms with van der Waals surface area (Å²) in [5.74, 6) is 0.0344. The summed E-state index contributed by atoms with van der Waals surface area (Å²) in [5.41, 5.74) is 2.96. The highest BCUT2D eigenvalue weighted by atomic mass is 32.2. The maximum absolute atomic E-state index is 12.4. The van der Waals surface area contributed by atoms with Crippen molar-refractivity contribution in [3.63, 3.8) is 0 Å². The molecule has 1 N–H and O–H groups in total. The Labute approximate surface area is 183 Å². The molecule has 0 unspecified atom stereocenters. The Morgan fingerprint density at radius 1 is 1.16 bits per heavy atom. The number of aryl methyl sites for hydroxylation is 2. The second-order valence-electron chi connectivity index (χ2n) is 7.02. The van der Waals surface area contributed by atoms with Gasteiger partial charge in [0, 0.05) is 30.4 Å². The lowest BCUT2D eigenvalue weighted by Crippen LogP contribution is -2.17. The molecule has 0 saturated heterocycles. The molecule has 10 heteroatoms. The van der Waals surface area contributed by atoms with Gasteiger partial charge in [0.15, 0.2) is 10.9 Å². The number of aromatic nitrogens is 3. The maximum atomic E-state index is 12.4. The van der Waals surface area contributed by atoms with Crippen molar-refractivity contribution >= 4 is 34.8 Å². The summed E-state index contributed by atoms with van der Waals surface area (Å²) in [4.78, 5) is 35.1. The van der Waals surface area contributed by atoms with E-state index in [1.54, 1.807) is 11.6 Å². The van der Waals surface area contributed by atoms with Gasteiger partial charge in [-0.25, -0.2) is 0 Å². The molecule has 0 radical (unpaired) electrons. The lowest BCUT2D eigenvalue weighted by molar-refractivity contribution is -0.384. The van der Waals surface area contributed by atoms with E-state index < -0.39 is 4.92 Å². The number of nitro benzene ring substituents is 1. The summed E-state index contributed by atoms with van der Waals surface area (Å²) >= 11 is 1.16. The van der Waals surface area contributed by atoms with Gasteiger partial charge in [-0.15, -0.1) is 10.2 Å². The molecule has 160 valence electrons. The number of nitrogens with one attached hydrogen (secondary N) is 1. The molecule has 0 aliphatic rings. The molecule has 2 aromatic carbocycles. The number of nitrogens with zero attached hydrogens (tertiary/aromatic N) is 4. The summed E-state index contributed by atoms with van der Waals surface area (Å²) in [6.07, 6.45) is 0.0379. The van der Waals surface area contributed by atoms with E-state index in [0.29, 0.717) is 11.0 Å². The van der Waals surface area contributed by atoms with Crippen LogP contribution in [0, 0.1) is 24.0 Å². The van der Waals surface area contributed by atoms with Gasteiger partial charge in [-0.1, -0.05) is 41.6 Å². The molecule has 0 atom stereocenters. The molecule has 3 aromatic rings. The van der Waals surface area contributed by atoms with Crippen molar-refractivity contribution < 1.29 is 14.5 Å². The van der Waals surface area contributed by atoms with Gasteiger partial charge in [0.05, 0.1) is 17.1 Å². The highest BCUT2D eigenvalue weighted by Gasteiger charge is 2.17. The van der Waals surface area contributed by atoms with Crippen LogP contribution < -0.4 is 5.32 Å². The lowest BCUT2D eigenvalue weighted by atomic mass is 10.1. The first-order valence-electron chi connectivity index (χ1n) is 9.40. The van der Waals surface area contributed by atoms with E-state index in [-0.39, 0.29) is 35.1 Å². The molecule has 0 aliphatic heterocycles. The predicted molar refractivity (Wildman–Crippen MR) is 117 cm³/mol. The van der Waals surface area contributed by atoms with Crippen LogP contribution in [0.25, 0.3) is 0 Å². The molecular weight excluding hydrogens is 418 g/mol. The highest BCUT2D eigenvalue weighted by Crippen LogP contribution is 2.20. The van der Waals surface area contributed by atoms with Gasteiger partial charge in [-0.2, -0.15) is 0 Å². The SMILES string of the molecule is Cc1ccc(NC(=O)Cc2nnc(SCC(=O)c3cccc([N+](=O)[O-])c3)n2C)c(C)c1. The van der Waals surface area contributed by atoms with Crippen molar-refractivity contribution in [3.8, 4) is 0 Å². The van der Waals surface area contributed by atoms with Crippen molar-refractivity contribution in [2.45, 2.75) is 25.4 Å². The van der Waals surface area contributed by atoms with Crippen molar-refractivity contribution in [3.05, 3.63) is 75.1 Å². The van der Waals surface area contributed by atoms with Crippen LogP contribution in [0.3, 0.4) is 0 Å². The second-order valence-corrected chi connectivity index (χ2v) is 7.96. The number of carbonyl (C=O) groups excluding carboxylic acids is 2. The molecule has 0 spiro atoms. The van der Waals surface area contributed by atoms with Crippen molar-refractivity contribution in [2.75, 3.05) is 11.1 Å². The van der Waals surface area contributed by atoms with Crippen LogP contribution in [-0.2, 0) is 18.3 Å². The van der Waals surface area contributed by atoms with Crippen LogP contribution >= 0.6 is 11.8 Å². The third-order valence-corrected chi connectivity index (χ3v) is 5.63. The van der Waals surface area contributed by atoms with Gasteiger partial charge < -0.3 is 9.88 Å². The first-order chi connectivity index (χ1) is 14.7. The number of non-ortho nitro benzene ring substituents is 1. The number of hydrogen-bond acceptors (Lipinski definition) is 7. The summed E-state index contributed by atoms with van der Waals surface area (Å²) in [5, 5.41) is 22.3. The van der Waals surface area contributed by atoms with Gasteiger partial charge in [-0.05, 0) is 25.5 Å². The molecular formula is C21H21N5O4S. The van der Waals surface area contributed by atoms with E-state index in [2.05, 4.69) is 15.5 Å². The zero-order chi connectivity index (χ0) is 22.5. The molecule has 0 fully saturated rings. The van der Waals surface area contributed by atoms with Crippen LogP contribution in [-0.4, -0.2) is 37.1 Å². The maximum Gasteiger partial charge on any atom is 0.270 e. The normalized spacial score (nSPS) is 10.7. The first kappa shape index (κ1) is 22.2. The molecule has 1 amide bonds. The number of Topliss-reactive ketones (excluding diaryl/α,β-unsaturated/α-hetero) is 1. The summed E-state index contributed by atoms with van der Waals surface area (Å²) in [6, 6.07) is 11.4. The van der Waals surface area contributed by atoms with Crippen LogP contribution in [0.4, 0.5) is 11.4 Å². The van der Waals surface area contributed by atoms with E-state index in [1.165, 1.54) is 24.3 Å². The number of hydrogen-bond donors (Lipinski definition) is 1. The Morgan fingerprint density at radius 3 is 2.65 bits per heavy atom. The van der Waals surface area contributed by atoms with Gasteiger partial charge in [0.2, 0.25) is 5.91 Å². The Kier molecular flexibility index (Phi) is 6.81. The van der Waals surface area contributed by atoms with Crippen LogP contribution in [0.5, 0.6) is 0 Å². The van der Waals surface area contributed by atoms with E-state index in [9.17, 15) is 19.7 Å². The molecule has 3 rings (SSSR count). The van der Waals surface area contributed by atoms with Crippen molar-refractivity contribution in [1.29, 1.82) is 0 Å². The zero-order valence-electron chi connectivity index (χ0n) is 17.3. The minimum atomic E-state index is -0.540. The monoisotopic (exact) mass is 439 g/mol. The molecule has 31 heavy (non-hydrogen) atoms. The van der Waals surface area contributed by atoms with E-state index in [0.717, 1.165) is 28.6 Å². The minimum Gasteiger partial charge on any atom is -0.325 e. The van der Waals surface area contributed by atoms with Crippen molar-refractivity contribution in [1.82, 2.24) is 14.8 Å². The molecule has 0 saturated carbocycles. The standard InChI is InChI=1S/C21H21N5O4S/c1-13-7-8-17(14(2)9-13)22-20(28)11-19-23-24-21(25(19)3)31-12-18(27)15-5-4-6-16(10-15)26(29)30/h4-10H,11-12H2,1-3H3,(H,22,28). The fourth-order valence-corrected chi connectivity index (χ4v) is 3.75.